The van der Waals surface area contributed by atoms with Gasteiger partial charge in [-0.1, -0.05) is 47.5 Å². The number of hydrogen-bond donors (Lipinski definition) is 1. The maximum atomic E-state index is 12.6. The highest BCUT2D eigenvalue weighted by Crippen LogP contribution is 2.21. The molecule has 132 valence electrons. The molecule has 0 fully saturated rings. The molecule has 0 saturated heterocycles. The summed E-state index contributed by atoms with van der Waals surface area (Å²) in [6.45, 7) is 1.91. The Morgan fingerprint density at radius 2 is 1.52 bits per heavy atom. The molecule has 0 bridgehead atoms. The Hall–Kier alpha value is -2.04. The van der Waals surface area contributed by atoms with E-state index in [0.717, 1.165) is 11.1 Å². The van der Waals surface area contributed by atoms with Gasteiger partial charge in [-0.05, 0) is 35.4 Å². The van der Waals surface area contributed by atoms with Gasteiger partial charge in [-0.15, -0.1) is 0 Å². The number of carbonyl (C=O) groups excluding carboxylic acids is 2. The van der Waals surface area contributed by atoms with Gasteiger partial charge in [0.1, 0.15) is 0 Å². The minimum atomic E-state index is -0.394. The molecule has 2 aromatic carbocycles. The lowest BCUT2D eigenvalue weighted by molar-refractivity contribution is -0.131. The van der Waals surface area contributed by atoms with Crippen LogP contribution in [0.4, 0.5) is 0 Å². The third kappa shape index (κ3) is 6.07. The minimum Gasteiger partial charge on any atom is -0.349 e. The molecular formula is C19H20Cl2N2O2. The molecule has 0 aliphatic heterocycles. The fourth-order valence-electron chi connectivity index (χ4n) is 2.47. The van der Waals surface area contributed by atoms with Crippen LogP contribution in [0.25, 0.3) is 0 Å². The average Bonchev–Trinajstić information content (AvgIpc) is 2.56. The van der Waals surface area contributed by atoms with Gasteiger partial charge in [0.2, 0.25) is 11.8 Å². The topological polar surface area (TPSA) is 49.4 Å². The standard InChI is InChI=1S/C19H20Cl2N2O2/c1-13(24)22-18(15-5-9-17(21)10-6-15)11-19(25)23(2)12-14-3-7-16(20)8-4-14/h3-10,18H,11-12H2,1-2H3,(H,22,24). The summed E-state index contributed by atoms with van der Waals surface area (Å²) in [5.41, 5.74) is 1.83. The number of carbonyl (C=O) groups is 2. The highest BCUT2D eigenvalue weighted by atomic mass is 35.5. The maximum absolute atomic E-state index is 12.6. The summed E-state index contributed by atoms with van der Waals surface area (Å²) in [4.78, 5) is 25.7. The van der Waals surface area contributed by atoms with Gasteiger partial charge in [-0.25, -0.2) is 0 Å². The molecule has 4 nitrogen and oxygen atoms in total. The van der Waals surface area contributed by atoms with Crippen LogP contribution in [0, 0.1) is 0 Å². The van der Waals surface area contributed by atoms with E-state index in [-0.39, 0.29) is 18.2 Å². The third-order valence-corrected chi connectivity index (χ3v) is 4.29. The van der Waals surface area contributed by atoms with E-state index in [0.29, 0.717) is 16.6 Å². The highest BCUT2D eigenvalue weighted by molar-refractivity contribution is 6.30. The van der Waals surface area contributed by atoms with Crippen LogP contribution in [-0.4, -0.2) is 23.8 Å². The largest absolute Gasteiger partial charge is 0.349 e. The normalized spacial score (nSPS) is 11.7. The molecule has 2 rings (SSSR count). The fourth-order valence-corrected chi connectivity index (χ4v) is 2.73. The smallest absolute Gasteiger partial charge is 0.225 e. The van der Waals surface area contributed by atoms with Crippen LogP contribution < -0.4 is 5.32 Å². The number of amides is 2. The number of rotatable bonds is 6. The summed E-state index contributed by atoms with van der Waals surface area (Å²) in [5.74, 6) is -0.253. The second-order valence-corrected chi connectivity index (χ2v) is 6.76. The fraction of sp³-hybridized carbons (Fsp3) is 0.263. The van der Waals surface area contributed by atoms with Gasteiger partial charge >= 0.3 is 0 Å². The van der Waals surface area contributed by atoms with Crippen LogP contribution in [-0.2, 0) is 16.1 Å². The van der Waals surface area contributed by atoms with Crippen LogP contribution in [0.15, 0.2) is 48.5 Å². The molecule has 2 amide bonds. The molecule has 2 aromatic rings. The van der Waals surface area contributed by atoms with E-state index in [1.807, 2.05) is 24.3 Å². The van der Waals surface area contributed by atoms with E-state index < -0.39 is 6.04 Å². The van der Waals surface area contributed by atoms with Crippen molar-refractivity contribution in [3.8, 4) is 0 Å². The first-order valence-corrected chi connectivity index (χ1v) is 8.61. The molecule has 0 aliphatic carbocycles. The number of benzene rings is 2. The molecule has 0 aliphatic rings. The Balaban J connectivity index is 2.06. The number of nitrogens with zero attached hydrogens (tertiary/aromatic N) is 1. The second-order valence-electron chi connectivity index (χ2n) is 5.89. The summed E-state index contributed by atoms with van der Waals surface area (Å²) in [5, 5.41) is 4.09. The zero-order valence-corrected chi connectivity index (χ0v) is 15.6. The predicted octanol–water partition coefficient (Wildman–Crippen LogP) is 4.22. The Bertz CT molecular complexity index is 730. The van der Waals surface area contributed by atoms with Gasteiger partial charge in [0.25, 0.3) is 0 Å². The lowest BCUT2D eigenvalue weighted by Gasteiger charge is -2.23. The van der Waals surface area contributed by atoms with Crippen molar-refractivity contribution in [3.63, 3.8) is 0 Å². The monoisotopic (exact) mass is 378 g/mol. The van der Waals surface area contributed by atoms with Gasteiger partial charge in [0.05, 0.1) is 12.5 Å². The van der Waals surface area contributed by atoms with Crippen LogP contribution in [0.1, 0.15) is 30.5 Å². The van der Waals surface area contributed by atoms with Crippen molar-refractivity contribution < 1.29 is 9.59 Å². The average molecular weight is 379 g/mol. The number of halogens is 2. The molecule has 1 atom stereocenters. The lowest BCUT2D eigenvalue weighted by atomic mass is 10.0. The molecule has 6 heteroatoms. The summed E-state index contributed by atoms with van der Waals surface area (Å²) in [6.07, 6.45) is 0.172. The van der Waals surface area contributed by atoms with E-state index in [4.69, 9.17) is 23.2 Å². The SMILES string of the molecule is CC(=O)NC(CC(=O)N(C)Cc1ccc(Cl)cc1)c1ccc(Cl)cc1. The quantitative estimate of drug-likeness (QED) is 0.817. The summed E-state index contributed by atoms with van der Waals surface area (Å²) in [6, 6.07) is 14.1. The van der Waals surface area contributed by atoms with E-state index in [2.05, 4.69) is 5.32 Å². The van der Waals surface area contributed by atoms with Crippen molar-refractivity contribution in [2.75, 3.05) is 7.05 Å². The maximum Gasteiger partial charge on any atom is 0.225 e. The van der Waals surface area contributed by atoms with Crippen molar-refractivity contribution in [1.29, 1.82) is 0 Å². The van der Waals surface area contributed by atoms with Crippen molar-refractivity contribution in [2.24, 2.45) is 0 Å². The Kier molecular flexibility index (Phi) is 6.85. The van der Waals surface area contributed by atoms with E-state index >= 15 is 0 Å². The zero-order valence-electron chi connectivity index (χ0n) is 14.1. The van der Waals surface area contributed by atoms with Gasteiger partial charge in [0.15, 0.2) is 0 Å². The van der Waals surface area contributed by atoms with Gasteiger partial charge in [-0.3, -0.25) is 9.59 Å². The molecule has 1 N–H and O–H groups in total. The predicted molar refractivity (Wildman–Crippen MR) is 101 cm³/mol. The second kappa shape index (κ2) is 8.88. The first-order chi connectivity index (χ1) is 11.8. The number of nitrogens with one attached hydrogen (secondary N) is 1. The molecule has 1 unspecified atom stereocenters. The summed E-state index contributed by atoms with van der Waals surface area (Å²) in [7, 11) is 1.74. The molecule has 0 spiro atoms. The van der Waals surface area contributed by atoms with Crippen molar-refractivity contribution in [1.82, 2.24) is 10.2 Å². The molecular weight excluding hydrogens is 359 g/mol. The molecule has 0 heterocycles. The molecule has 0 saturated carbocycles. The van der Waals surface area contributed by atoms with Crippen molar-refractivity contribution in [3.05, 3.63) is 69.7 Å². The van der Waals surface area contributed by atoms with Crippen LogP contribution in [0.3, 0.4) is 0 Å². The summed E-state index contributed by atoms with van der Waals surface area (Å²) < 4.78 is 0. The van der Waals surface area contributed by atoms with Crippen LogP contribution >= 0.6 is 23.2 Å². The Labute approximate surface area is 157 Å². The van der Waals surface area contributed by atoms with E-state index in [1.165, 1.54) is 6.92 Å². The van der Waals surface area contributed by atoms with E-state index in [9.17, 15) is 9.59 Å². The van der Waals surface area contributed by atoms with Crippen LogP contribution in [0.2, 0.25) is 10.0 Å². The first-order valence-electron chi connectivity index (χ1n) is 7.86. The zero-order chi connectivity index (χ0) is 18.4. The molecule has 0 aromatic heterocycles. The highest BCUT2D eigenvalue weighted by Gasteiger charge is 2.19. The Morgan fingerprint density at radius 1 is 1.00 bits per heavy atom. The molecule has 25 heavy (non-hydrogen) atoms. The minimum absolute atomic E-state index is 0.0661. The van der Waals surface area contributed by atoms with Gasteiger partial charge in [-0.2, -0.15) is 0 Å². The van der Waals surface area contributed by atoms with Crippen molar-refractivity contribution in [2.45, 2.75) is 25.9 Å². The van der Waals surface area contributed by atoms with Crippen molar-refractivity contribution >= 4 is 35.0 Å². The van der Waals surface area contributed by atoms with Gasteiger partial charge < -0.3 is 10.2 Å². The van der Waals surface area contributed by atoms with Gasteiger partial charge in [0, 0.05) is 30.6 Å². The summed E-state index contributed by atoms with van der Waals surface area (Å²) >= 11 is 11.8. The van der Waals surface area contributed by atoms with E-state index in [1.54, 1.807) is 36.2 Å². The Morgan fingerprint density at radius 3 is 2.04 bits per heavy atom. The lowest BCUT2D eigenvalue weighted by Crippen LogP contribution is -2.33. The third-order valence-electron chi connectivity index (χ3n) is 3.79. The molecule has 0 radical (unpaired) electrons. The van der Waals surface area contributed by atoms with Crippen LogP contribution in [0.5, 0.6) is 0 Å². The number of hydrogen-bond acceptors (Lipinski definition) is 2. The first kappa shape index (κ1) is 19.3.